The third kappa shape index (κ3) is 1.97. The summed E-state index contributed by atoms with van der Waals surface area (Å²) in [4.78, 5) is 12.8. The van der Waals surface area contributed by atoms with Crippen molar-refractivity contribution >= 4 is 6.41 Å². The Bertz CT molecular complexity index is 536. The number of para-hydroxylation sites is 1. The smallest absolute Gasteiger partial charge is 0.210 e. The summed E-state index contributed by atoms with van der Waals surface area (Å²) < 4.78 is 11.3. The molecule has 3 rings (SSSR count). The second-order valence-electron chi connectivity index (χ2n) is 4.26. The van der Waals surface area contributed by atoms with Crippen molar-refractivity contribution < 1.29 is 13.9 Å². The lowest BCUT2D eigenvalue weighted by Crippen LogP contribution is -2.26. The van der Waals surface area contributed by atoms with Gasteiger partial charge in [0.2, 0.25) is 6.41 Å². The average Bonchev–Trinajstić information content (AvgIpc) is 2.86. The standard InChI is InChI=1S/C14H13NO3/c16-10-15-8-11-4-1-2-5-12(11)18-14(9-15)13-6-3-7-17-13/h1-7,10,14H,8-9H2. The van der Waals surface area contributed by atoms with Crippen LogP contribution >= 0.6 is 0 Å². The predicted octanol–water partition coefficient (Wildman–Crippen LogP) is 2.37. The molecule has 2 aromatic rings. The van der Waals surface area contributed by atoms with Gasteiger partial charge in [0.15, 0.2) is 6.10 Å². The summed E-state index contributed by atoms with van der Waals surface area (Å²) in [6, 6.07) is 11.4. The first-order valence-electron chi connectivity index (χ1n) is 5.84. The summed E-state index contributed by atoms with van der Waals surface area (Å²) in [6.45, 7) is 1.06. The molecular weight excluding hydrogens is 230 g/mol. The number of benzene rings is 1. The first-order chi connectivity index (χ1) is 8.86. The van der Waals surface area contributed by atoms with Crippen molar-refractivity contribution in [1.29, 1.82) is 0 Å². The number of carbonyl (C=O) groups is 1. The molecule has 2 heterocycles. The molecule has 0 spiro atoms. The van der Waals surface area contributed by atoms with Gasteiger partial charge in [-0.15, -0.1) is 0 Å². The quantitative estimate of drug-likeness (QED) is 0.760. The number of carbonyl (C=O) groups excluding carboxylic acids is 1. The highest BCUT2D eigenvalue weighted by atomic mass is 16.5. The first kappa shape index (κ1) is 10.9. The Morgan fingerprint density at radius 2 is 2.11 bits per heavy atom. The van der Waals surface area contributed by atoms with Gasteiger partial charge in [-0.1, -0.05) is 18.2 Å². The number of ether oxygens (including phenoxy) is 1. The van der Waals surface area contributed by atoms with Crippen molar-refractivity contribution in [2.75, 3.05) is 6.54 Å². The molecular formula is C14H13NO3. The minimum atomic E-state index is -0.256. The number of hydrogen-bond donors (Lipinski definition) is 0. The van der Waals surface area contributed by atoms with Crippen molar-refractivity contribution in [3.8, 4) is 5.75 Å². The lowest BCUT2D eigenvalue weighted by molar-refractivity contribution is -0.119. The fraction of sp³-hybridized carbons (Fsp3) is 0.214. The molecule has 0 aliphatic carbocycles. The van der Waals surface area contributed by atoms with Gasteiger partial charge < -0.3 is 14.1 Å². The largest absolute Gasteiger partial charge is 0.480 e. The average molecular weight is 243 g/mol. The Labute approximate surface area is 105 Å². The molecule has 1 aromatic heterocycles. The summed E-state index contributed by atoms with van der Waals surface area (Å²) in [6.07, 6.45) is 2.20. The first-order valence-corrected chi connectivity index (χ1v) is 5.84. The van der Waals surface area contributed by atoms with Crippen LogP contribution in [0.1, 0.15) is 17.4 Å². The highest BCUT2D eigenvalue weighted by molar-refractivity contribution is 5.49. The minimum absolute atomic E-state index is 0.256. The van der Waals surface area contributed by atoms with Gasteiger partial charge in [-0.25, -0.2) is 0 Å². The summed E-state index contributed by atoms with van der Waals surface area (Å²) in [5.41, 5.74) is 1.01. The summed E-state index contributed by atoms with van der Waals surface area (Å²) >= 11 is 0. The molecule has 0 saturated carbocycles. The highest BCUT2D eigenvalue weighted by Crippen LogP contribution is 2.30. The van der Waals surface area contributed by atoms with E-state index >= 15 is 0 Å². The second-order valence-corrected chi connectivity index (χ2v) is 4.26. The van der Waals surface area contributed by atoms with E-state index in [4.69, 9.17) is 9.15 Å². The molecule has 4 nitrogen and oxygen atoms in total. The molecule has 1 unspecified atom stereocenters. The van der Waals surface area contributed by atoms with E-state index in [1.54, 1.807) is 11.2 Å². The molecule has 1 amide bonds. The van der Waals surface area contributed by atoms with Crippen LogP contribution in [-0.2, 0) is 11.3 Å². The third-order valence-corrected chi connectivity index (χ3v) is 3.03. The molecule has 0 fully saturated rings. The second kappa shape index (κ2) is 4.56. The molecule has 0 bridgehead atoms. The maximum Gasteiger partial charge on any atom is 0.210 e. The number of amides is 1. The SMILES string of the molecule is O=CN1Cc2ccccc2OC(c2ccco2)C1. The number of hydrogen-bond acceptors (Lipinski definition) is 3. The summed E-state index contributed by atoms with van der Waals surface area (Å²) in [5, 5.41) is 0. The van der Waals surface area contributed by atoms with E-state index in [0.717, 1.165) is 23.5 Å². The zero-order chi connectivity index (χ0) is 12.4. The molecule has 1 aromatic carbocycles. The fourth-order valence-electron chi connectivity index (χ4n) is 2.14. The Balaban J connectivity index is 1.97. The molecule has 0 saturated heterocycles. The number of rotatable bonds is 2. The van der Waals surface area contributed by atoms with Gasteiger partial charge in [-0.05, 0) is 18.2 Å². The highest BCUT2D eigenvalue weighted by Gasteiger charge is 2.24. The number of furan rings is 1. The molecule has 0 radical (unpaired) electrons. The van der Waals surface area contributed by atoms with Crippen molar-refractivity contribution in [2.24, 2.45) is 0 Å². The number of nitrogens with zero attached hydrogens (tertiary/aromatic N) is 1. The van der Waals surface area contributed by atoms with Crippen LogP contribution in [0.3, 0.4) is 0 Å². The van der Waals surface area contributed by atoms with E-state index in [1.807, 2.05) is 36.4 Å². The molecule has 0 N–H and O–H groups in total. The summed E-state index contributed by atoms with van der Waals surface area (Å²) in [5.74, 6) is 1.54. The van der Waals surface area contributed by atoms with Crippen molar-refractivity contribution in [3.05, 3.63) is 54.0 Å². The molecule has 1 aliphatic rings. The predicted molar refractivity (Wildman–Crippen MR) is 65.0 cm³/mol. The maximum atomic E-state index is 11.1. The van der Waals surface area contributed by atoms with Gasteiger partial charge in [-0.3, -0.25) is 4.79 Å². The topological polar surface area (TPSA) is 42.7 Å². The van der Waals surface area contributed by atoms with Crippen LogP contribution in [0.2, 0.25) is 0 Å². The molecule has 18 heavy (non-hydrogen) atoms. The molecule has 4 heteroatoms. The van der Waals surface area contributed by atoms with E-state index in [2.05, 4.69) is 0 Å². The van der Waals surface area contributed by atoms with Gasteiger partial charge in [0.1, 0.15) is 11.5 Å². The normalized spacial score (nSPS) is 18.7. The molecule has 92 valence electrons. The monoisotopic (exact) mass is 243 g/mol. The fourth-order valence-corrected chi connectivity index (χ4v) is 2.14. The van der Waals surface area contributed by atoms with Crippen molar-refractivity contribution in [3.63, 3.8) is 0 Å². The van der Waals surface area contributed by atoms with Crippen LogP contribution in [0.5, 0.6) is 5.75 Å². The van der Waals surface area contributed by atoms with E-state index < -0.39 is 0 Å². The Morgan fingerprint density at radius 1 is 1.22 bits per heavy atom. The third-order valence-electron chi connectivity index (χ3n) is 3.03. The minimum Gasteiger partial charge on any atom is -0.480 e. The zero-order valence-corrected chi connectivity index (χ0v) is 9.78. The lowest BCUT2D eigenvalue weighted by atomic mass is 10.2. The van der Waals surface area contributed by atoms with Gasteiger partial charge in [-0.2, -0.15) is 0 Å². The van der Waals surface area contributed by atoms with E-state index in [-0.39, 0.29) is 6.10 Å². The Kier molecular flexibility index (Phi) is 2.76. The Hall–Kier alpha value is -2.23. The summed E-state index contributed by atoms with van der Waals surface area (Å²) in [7, 11) is 0. The van der Waals surface area contributed by atoms with Gasteiger partial charge >= 0.3 is 0 Å². The van der Waals surface area contributed by atoms with Gasteiger partial charge in [0.25, 0.3) is 0 Å². The van der Waals surface area contributed by atoms with E-state index in [1.165, 1.54) is 0 Å². The van der Waals surface area contributed by atoms with Crippen molar-refractivity contribution in [1.82, 2.24) is 4.90 Å². The number of fused-ring (bicyclic) bond motifs is 1. The maximum absolute atomic E-state index is 11.1. The van der Waals surface area contributed by atoms with Crippen molar-refractivity contribution in [2.45, 2.75) is 12.6 Å². The van der Waals surface area contributed by atoms with Crippen LogP contribution in [-0.4, -0.2) is 17.9 Å². The van der Waals surface area contributed by atoms with Crippen LogP contribution in [0.25, 0.3) is 0 Å². The van der Waals surface area contributed by atoms with E-state index in [0.29, 0.717) is 13.1 Å². The zero-order valence-electron chi connectivity index (χ0n) is 9.78. The molecule has 1 aliphatic heterocycles. The van der Waals surface area contributed by atoms with Gasteiger partial charge in [0.05, 0.1) is 12.8 Å². The van der Waals surface area contributed by atoms with E-state index in [9.17, 15) is 4.79 Å². The van der Waals surface area contributed by atoms with Gasteiger partial charge in [0, 0.05) is 12.1 Å². The Morgan fingerprint density at radius 3 is 2.89 bits per heavy atom. The van der Waals surface area contributed by atoms with Crippen LogP contribution in [0, 0.1) is 0 Å². The van der Waals surface area contributed by atoms with Crippen LogP contribution < -0.4 is 4.74 Å². The van der Waals surface area contributed by atoms with Crippen LogP contribution in [0.4, 0.5) is 0 Å². The lowest BCUT2D eigenvalue weighted by Gasteiger charge is -2.18. The van der Waals surface area contributed by atoms with Crippen LogP contribution in [0.15, 0.2) is 47.1 Å². The molecule has 1 atom stereocenters.